The van der Waals surface area contributed by atoms with Crippen molar-refractivity contribution in [3.05, 3.63) is 36.7 Å². The molecule has 3 heterocycles. The van der Waals surface area contributed by atoms with E-state index in [-0.39, 0.29) is 11.8 Å². The minimum Gasteiger partial charge on any atom is -0.504 e. The second-order valence-corrected chi connectivity index (χ2v) is 3.34. The fourth-order valence-corrected chi connectivity index (χ4v) is 1.42. The van der Waals surface area contributed by atoms with E-state index in [4.69, 9.17) is 4.42 Å². The Morgan fingerprint density at radius 2 is 1.94 bits per heavy atom. The van der Waals surface area contributed by atoms with Gasteiger partial charge in [0.05, 0.1) is 0 Å². The lowest BCUT2D eigenvalue weighted by Gasteiger charge is -2.01. The number of hydrogen-bond donors (Lipinski definition) is 2. The highest BCUT2D eigenvalue weighted by molar-refractivity contribution is 5.70. The van der Waals surface area contributed by atoms with Gasteiger partial charge in [0.1, 0.15) is 0 Å². The van der Waals surface area contributed by atoms with Crippen molar-refractivity contribution >= 4 is 23.1 Å². The summed E-state index contributed by atoms with van der Waals surface area (Å²) in [6.07, 6.45) is 3.19. The van der Waals surface area contributed by atoms with Crippen LogP contribution < -0.4 is 5.32 Å². The van der Waals surface area contributed by atoms with E-state index in [0.717, 1.165) is 0 Å². The number of aromatic nitrogens is 3. The largest absolute Gasteiger partial charge is 0.504 e. The lowest BCUT2D eigenvalue weighted by atomic mass is 10.4. The maximum atomic E-state index is 9.54. The summed E-state index contributed by atoms with van der Waals surface area (Å²) in [7, 11) is 0. The van der Waals surface area contributed by atoms with Gasteiger partial charge in [-0.3, -0.25) is 5.32 Å². The van der Waals surface area contributed by atoms with Gasteiger partial charge >= 0.3 is 6.01 Å². The third kappa shape index (κ3) is 1.76. The molecule has 6 heteroatoms. The molecule has 0 aliphatic rings. The normalized spacial score (nSPS) is 10.6. The van der Waals surface area contributed by atoms with Crippen molar-refractivity contribution in [3.63, 3.8) is 0 Å². The Balaban J connectivity index is 1.98. The molecule has 3 rings (SSSR count). The maximum Gasteiger partial charge on any atom is 0.303 e. The van der Waals surface area contributed by atoms with Crippen LogP contribution in [0, 0.1) is 0 Å². The number of fused-ring (bicyclic) bond motifs is 1. The molecule has 3 aromatic heterocycles. The number of rotatable bonds is 2. The fourth-order valence-electron chi connectivity index (χ4n) is 1.42. The molecule has 0 aliphatic heterocycles. The van der Waals surface area contributed by atoms with E-state index in [1.54, 1.807) is 30.6 Å². The molecule has 17 heavy (non-hydrogen) atoms. The molecule has 0 bridgehead atoms. The van der Waals surface area contributed by atoms with Crippen LogP contribution in [0.5, 0.6) is 5.75 Å². The molecule has 0 radical (unpaired) electrons. The molecule has 3 aromatic rings. The van der Waals surface area contributed by atoms with E-state index in [1.165, 1.54) is 6.07 Å². The van der Waals surface area contributed by atoms with Crippen LogP contribution in [0.25, 0.3) is 11.2 Å². The van der Waals surface area contributed by atoms with Crippen LogP contribution in [0.1, 0.15) is 0 Å². The van der Waals surface area contributed by atoms with Gasteiger partial charge in [0.2, 0.25) is 5.65 Å². The second kappa shape index (κ2) is 3.75. The summed E-state index contributed by atoms with van der Waals surface area (Å²) in [4.78, 5) is 12.1. The standard InChI is InChI=1S/C11H8N4O2/c16-7-3-1-5-12-9(7)14-11-15-10-8(17-11)4-2-6-13-10/h1-6,16H,(H,12,13,14,15). The lowest BCUT2D eigenvalue weighted by molar-refractivity contribution is 0.475. The third-order valence-corrected chi connectivity index (χ3v) is 2.18. The Hall–Kier alpha value is -2.63. The van der Waals surface area contributed by atoms with Crippen molar-refractivity contribution in [1.29, 1.82) is 0 Å². The Morgan fingerprint density at radius 3 is 2.76 bits per heavy atom. The number of nitrogens with zero attached hydrogens (tertiary/aromatic N) is 3. The highest BCUT2D eigenvalue weighted by Crippen LogP contribution is 2.24. The van der Waals surface area contributed by atoms with Gasteiger partial charge in [-0.05, 0) is 24.3 Å². The summed E-state index contributed by atoms with van der Waals surface area (Å²) in [5.74, 6) is 0.321. The summed E-state index contributed by atoms with van der Waals surface area (Å²) >= 11 is 0. The molecule has 0 atom stereocenters. The van der Waals surface area contributed by atoms with E-state index >= 15 is 0 Å². The molecular formula is C11H8N4O2. The quantitative estimate of drug-likeness (QED) is 0.698. The van der Waals surface area contributed by atoms with Crippen LogP contribution in [0.2, 0.25) is 0 Å². The van der Waals surface area contributed by atoms with Gasteiger partial charge in [-0.1, -0.05) is 0 Å². The van der Waals surface area contributed by atoms with Crippen LogP contribution in [-0.4, -0.2) is 20.1 Å². The summed E-state index contributed by atoms with van der Waals surface area (Å²) in [6.45, 7) is 0. The van der Waals surface area contributed by atoms with E-state index in [9.17, 15) is 5.11 Å². The maximum absolute atomic E-state index is 9.54. The molecule has 6 nitrogen and oxygen atoms in total. The first-order valence-corrected chi connectivity index (χ1v) is 4.95. The van der Waals surface area contributed by atoms with Crippen LogP contribution >= 0.6 is 0 Å². The van der Waals surface area contributed by atoms with E-state index in [2.05, 4.69) is 20.3 Å². The highest BCUT2D eigenvalue weighted by atomic mass is 16.4. The zero-order valence-corrected chi connectivity index (χ0v) is 8.66. The van der Waals surface area contributed by atoms with Gasteiger partial charge in [0.25, 0.3) is 0 Å². The lowest BCUT2D eigenvalue weighted by Crippen LogP contribution is -1.93. The van der Waals surface area contributed by atoms with Crippen LogP contribution in [0.3, 0.4) is 0 Å². The first-order valence-electron chi connectivity index (χ1n) is 4.95. The van der Waals surface area contributed by atoms with Gasteiger partial charge in [0, 0.05) is 12.4 Å². The molecule has 0 spiro atoms. The Kier molecular flexibility index (Phi) is 2.11. The van der Waals surface area contributed by atoms with Crippen molar-refractivity contribution in [2.24, 2.45) is 0 Å². The van der Waals surface area contributed by atoms with E-state index < -0.39 is 0 Å². The van der Waals surface area contributed by atoms with Gasteiger partial charge < -0.3 is 9.52 Å². The Bertz CT molecular complexity index is 632. The van der Waals surface area contributed by atoms with Crippen LogP contribution in [-0.2, 0) is 0 Å². The Labute approximate surface area is 96.0 Å². The Morgan fingerprint density at radius 1 is 1.12 bits per heavy atom. The molecule has 0 fully saturated rings. The average Bonchev–Trinajstić information content (AvgIpc) is 2.74. The smallest absolute Gasteiger partial charge is 0.303 e. The SMILES string of the molecule is Oc1cccnc1Nc1nc2ncccc2o1. The number of hydrogen-bond acceptors (Lipinski definition) is 6. The molecule has 84 valence electrons. The zero-order chi connectivity index (χ0) is 11.7. The van der Waals surface area contributed by atoms with E-state index in [1.807, 2.05) is 0 Å². The van der Waals surface area contributed by atoms with Crippen molar-refractivity contribution in [3.8, 4) is 5.75 Å². The molecule has 0 saturated heterocycles. The predicted molar refractivity (Wildman–Crippen MR) is 61.0 cm³/mol. The zero-order valence-electron chi connectivity index (χ0n) is 8.66. The molecule has 0 aromatic carbocycles. The molecule has 0 unspecified atom stereocenters. The minimum atomic E-state index is 0.0303. The van der Waals surface area contributed by atoms with Crippen LogP contribution in [0.4, 0.5) is 11.8 Å². The van der Waals surface area contributed by atoms with Crippen LogP contribution in [0.15, 0.2) is 41.1 Å². The number of pyridine rings is 2. The number of oxazole rings is 1. The predicted octanol–water partition coefficient (Wildman–Crippen LogP) is 2.07. The fraction of sp³-hybridized carbons (Fsp3) is 0. The van der Waals surface area contributed by atoms with Crippen molar-refractivity contribution in [1.82, 2.24) is 15.0 Å². The van der Waals surface area contributed by atoms with Gasteiger partial charge in [0.15, 0.2) is 17.2 Å². The summed E-state index contributed by atoms with van der Waals surface area (Å²) in [5, 5.41) is 12.3. The van der Waals surface area contributed by atoms with Gasteiger partial charge in [-0.2, -0.15) is 4.98 Å². The number of anilines is 2. The van der Waals surface area contributed by atoms with Crippen molar-refractivity contribution in [2.45, 2.75) is 0 Å². The third-order valence-electron chi connectivity index (χ3n) is 2.18. The second-order valence-electron chi connectivity index (χ2n) is 3.34. The van der Waals surface area contributed by atoms with Gasteiger partial charge in [-0.25, -0.2) is 9.97 Å². The topological polar surface area (TPSA) is 84.1 Å². The summed E-state index contributed by atoms with van der Waals surface area (Å²) < 4.78 is 5.39. The molecular weight excluding hydrogens is 220 g/mol. The first-order chi connectivity index (χ1) is 8.33. The first kappa shape index (κ1) is 9.59. The van der Waals surface area contributed by atoms with Crippen molar-refractivity contribution < 1.29 is 9.52 Å². The molecule has 0 amide bonds. The number of aromatic hydroxyl groups is 1. The highest BCUT2D eigenvalue weighted by Gasteiger charge is 2.08. The van der Waals surface area contributed by atoms with E-state index in [0.29, 0.717) is 17.0 Å². The minimum absolute atomic E-state index is 0.0303. The van der Waals surface area contributed by atoms with Gasteiger partial charge in [-0.15, -0.1) is 0 Å². The molecule has 0 aliphatic carbocycles. The summed E-state index contributed by atoms with van der Waals surface area (Å²) in [5.41, 5.74) is 1.08. The summed E-state index contributed by atoms with van der Waals surface area (Å²) in [6, 6.07) is 6.92. The van der Waals surface area contributed by atoms with Crippen molar-refractivity contribution in [2.75, 3.05) is 5.32 Å². The molecule has 0 saturated carbocycles. The average molecular weight is 228 g/mol. The number of nitrogens with one attached hydrogen (secondary N) is 1. The molecule has 2 N–H and O–H groups in total. The monoisotopic (exact) mass is 228 g/mol.